The predicted molar refractivity (Wildman–Crippen MR) is 60.8 cm³/mol. The lowest BCUT2D eigenvalue weighted by Crippen LogP contribution is -2.05. The average molecular weight is 235 g/mol. The maximum Gasteiger partial charge on any atom is 0.109 e. The van der Waals surface area contributed by atoms with Gasteiger partial charge >= 0.3 is 0 Å². The van der Waals surface area contributed by atoms with Crippen molar-refractivity contribution in [3.8, 4) is 16.6 Å². The van der Waals surface area contributed by atoms with Crippen molar-refractivity contribution in [1.29, 1.82) is 5.26 Å². The molecule has 3 nitrogen and oxygen atoms in total. The first-order chi connectivity index (χ1) is 7.85. The summed E-state index contributed by atoms with van der Waals surface area (Å²) >= 11 is 1.58. The van der Waals surface area contributed by atoms with Gasteiger partial charge in [0, 0.05) is 0 Å². The Hall–Kier alpha value is -1.67. The molecule has 2 heterocycles. The summed E-state index contributed by atoms with van der Waals surface area (Å²) in [6, 6.07) is 7.82. The van der Waals surface area contributed by atoms with Crippen molar-refractivity contribution in [2.45, 2.75) is 13.0 Å². The van der Waals surface area contributed by atoms with Crippen LogP contribution in [0.3, 0.4) is 0 Å². The van der Waals surface area contributed by atoms with Gasteiger partial charge in [-0.25, -0.2) is 4.39 Å². The summed E-state index contributed by atoms with van der Waals surface area (Å²) in [5, 5.41) is 14.9. The largest absolute Gasteiger partial charge is 0.265 e. The van der Waals surface area contributed by atoms with Gasteiger partial charge in [0.05, 0.1) is 29.6 Å². The minimum Gasteiger partial charge on any atom is -0.265 e. The Kier molecular flexibility index (Phi) is 3.32. The molecule has 16 heavy (non-hydrogen) atoms. The molecule has 0 amide bonds. The second kappa shape index (κ2) is 4.90. The van der Waals surface area contributed by atoms with E-state index in [9.17, 15) is 4.39 Å². The van der Waals surface area contributed by atoms with E-state index in [4.69, 9.17) is 5.26 Å². The molecule has 0 spiro atoms. The highest BCUT2D eigenvalue weighted by Gasteiger charge is 2.09. The van der Waals surface area contributed by atoms with Gasteiger partial charge in [0.2, 0.25) is 0 Å². The van der Waals surface area contributed by atoms with Crippen LogP contribution in [0.25, 0.3) is 10.6 Å². The fourth-order valence-corrected chi connectivity index (χ4v) is 2.18. The van der Waals surface area contributed by atoms with Crippen LogP contribution in [-0.2, 0) is 13.0 Å². The van der Waals surface area contributed by atoms with Gasteiger partial charge in [-0.2, -0.15) is 10.4 Å². The Morgan fingerprint density at radius 1 is 1.56 bits per heavy atom. The first-order valence-electron chi connectivity index (χ1n) is 4.88. The van der Waals surface area contributed by atoms with Gasteiger partial charge in [-0.1, -0.05) is 6.07 Å². The van der Waals surface area contributed by atoms with Crippen molar-refractivity contribution in [2.24, 2.45) is 0 Å². The monoisotopic (exact) mass is 235 g/mol. The maximum atomic E-state index is 12.3. The van der Waals surface area contributed by atoms with Crippen molar-refractivity contribution in [3.63, 3.8) is 0 Å². The van der Waals surface area contributed by atoms with Gasteiger partial charge in [0.25, 0.3) is 0 Å². The Labute approximate surface area is 96.8 Å². The molecule has 2 aromatic heterocycles. The third kappa shape index (κ3) is 2.12. The zero-order valence-electron chi connectivity index (χ0n) is 8.56. The number of aryl methyl sites for hydroxylation is 1. The molecule has 82 valence electrons. The van der Waals surface area contributed by atoms with E-state index in [2.05, 4.69) is 11.2 Å². The fraction of sp³-hybridized carbons (Fsp3) is 0.273. The van der Waals surface area contributed by atoms with E-state index in [1.165, 1.54) is 0 Å². The van der Waals surface area contributed by atoms with Gasteiger partial charge < -0.3 is 0 Å². The van der Waals surface area contributed by atoms with Crippen LogP contribution in [0.4, 0.5) is 4.39 Å². The van der Waals surface area contributed by atoms with Crippen LogP contribution >= 0.6 is 11.3 Å². The molecule has 2 aromatic rings. The van der Waals surface area contributed by atoms with Crippen LogP contribution in [0.1, 0.15) is 5.69 Å². The lowest BCUT2D eigenvalue weighted by molar-refractivity contribution is 0.422. The number of aromatic nitrogens is 2. The highest BCUT2D eigenvalue weighted by molar-refractivity contribution is 7.13. The maximum absolute atomic E-state index is 12.3. The number of nitrogens with zero attached hydrogens (tertiary/aromatic N) is 3. The molecule has 5 heteroatoms. The van der Waals surface area contributed by atoms with Gasteiger partial charge in [-0.3, -0.25) is 4.68 Å². The van der Waals surface area contributed by atoms with E-state index in [0.29, 0.717) is 0 Å². The molecule has 0 fully saturated rings. The second-order valence-electron chi connectivity index (χ2n) is 3.25. The van der Waals surface area contributed by atoms with E-state index in [1.807, 2.05) is 23.6 Å². The van der Waals surface area contributed by atoms with E-state index in [1.54, 1.807) is 16.0 Å². The Morgan fingerprint density at radius 2 is 2.44 bits per heavy atom. The van der Waals surface area contributed by atoms with E-state index >= 15 is 0 Å². The van der Waals surface area contributed by atoms with Gasteiger partial charge in [0.1, 0.15) is 12.4 Å². The predicted octanol–water partition coefficient (Wildman–Crippen LogP) is 2.65. The third-order valence-electron chi connectivity index (χ3n) is 2.19. The third-order valence-corrected chi connectivity index (χ3v) is 3.09. The summed E-state index contributed by atoms with van der Waals surface area (Å²) in [4.78, 5) is 1.04. The van der Waals surface area contributed by atoms with Crippen molar-refractivity contribution in [3.05, 3.63) is 29.3 Å². The first-order valence-corrected chi connectivity index (χ1v) is 5.76. The normalized spacial score (nSPS) is 10.2. The lowest BCUT2D eigenvalue weighted by atomic mass is 10.2. The molecule has 0 radical (unpaired) electrons. The number of hydrogen-bond acceptors (Lipinski definition) is 3. The number of alkyl halides is 1. The SMILES string of the molecule is N#CCc1cc(-c2cccs2)nn1CCF. The highest BCUT2D eigenvalue weighted by atomic mass is 32.1. The molecule has 0 saturated carbocycles. The second-order valence-corrected chi connectivity index (χ2v) is 4.19. The Morgan fingerprint density at radius 3 is 3.06 bits per heavy atom. The summed E-state index contributed by atoms with van der Waals surface area (Å²) in [7, 11) is 0. The standard InChI is InChI=1S/C11H10FN3S/c12-4-6-15-9(3-5-13)8-10(14-15)11-2-1-7-16-11/h1-2,7-8H,3-4,6H2. The fourth-order valence-electron chi connectivity index (χ4n) is 1.50. The van der Waals surface area contributed by atoms with Crippen LogP contribution in [0.15, 0.2) is 23.6 Å². The van der Waals surface area contributed by atoms with Gasteiger partial charge in [-0.15, -0.1) is 11.3 Å². The van der Waals surface area contributed by atoms with E-state index in [-0.39, 0.29) is 13.0 Å². The van der Waals surface area contributed by atoms with Gasteiger partial charge in [-0.05, 0) is 17.5 Å². The zero-order valence-corrected chi connectivity index (χ0v) is 9.38. The summed E-state index contributed by atoms with van der Waals surface area (Å²) in [6.07, 6.45) is 0.262. The number of rotatable bonds is 4. The quantitative estimate of drug-likeness (QED) is 0.817. The molecule has 0 bridgehead atoms. The molecule has 0 aliphatic carbocycles. The van der Waals surface area contributed by atoms with Crippen molar-refractivity contribution in [2.75, 3.05) is 6.67 Å². The summed E-state index contributed by atoms with van der Waals surface area (Å²) in [6.45, 7) is -0.258. The molecule has 0 saturated heterocycles. The molecule has 0 aromatic carbocycles. The Bertz CT molecular complexity index is 496. The molecule has 0 atom stereocenters. The number of thiophene rings is 1. The molecule has 0 unspecified atom stereocenters. The summed E-state index contributed by atoms with van der Waals surface area (Å²) in [5.74, 6) is 0. The number of hydrogen-bond donors (Lipinski definition) is 0. The topological polar surface area (TPSA) is 41.6 Å². The van der Waals surface area contributed by atoms with Crippen LogP contribution in [-0.4, -0.2) is 16.5 Å². The zero-order chi connectivity index (χ0) is 11.4. The van der Waals surface area contributed by atoms with E-state index < -0.39 is 6.67 Å². The summed E-state index contributed by atoms with van der Waals surface area (Å²) < 4.78 is 13.9. The molecular formula is C11H10FN3S. The first kappa shape index (κ1) is 10.8. The van der Waals surface area contributed by atoms with Crippen LogP contribution < -0.4 is 0 Å². The van der Waals surface area contributed by atoms with Crippen molar-refractivity contribution in [1.82, 2.24) is 9.78 Å². The van der Waals surface area contributed by atoms with E-state index in [0.717, 1.165) is 16.3 Å². The molecule has 0 N–H and O–H groups in total. The highest BCUT2D eigenvalue weighted by Crippen LogP contribution is 2.24. The minimum atomic E-state index is -0.468. The van der Waals surface area contributed by atoms with Crippen molar-refractivity contribution < 1.29 is 4.39 Å². The average Bonchev–Trinajstić information content (AvgIpc) is 2.89. The molecule has 2 rings (SSSR count). The minimum absolute atomic E-state index is 0.211. The van der Waals surface area contributed by atoms with Crippen LogP contribution in [0.2, 0.25) is 0 Å². The van der Waals surface area contributed by atoms with Crippen LogP contribution in [0.5, 0.6) is 0 Å². The molecule has 0 aliphatic rings. The Balaban J connectivity index is 2.35. The van der Waals surface area contributed by atoms with Gasteiger partial charge in [0.15, 0.2) is 0 Å². The number of nitriles is 1. The number of halogens is 1. The van der Waals surface area contributed by atoms with Crippen molar-refractivity contribution >= 4 is 11.3 Å². The lowest BCUT2D eigenvalue weighted by Gasteiger charge is -1.99. The van der Waals surface area contributed by atoms with Crippen LogP contribution in [0, 0.1) is 11.3 Å². The molecule has 0 aliphatic heterocycles. The molecular weight excluding hydrogens is 225 g/mol. The summed E-state index contributed by atoms with van der Waals surface area (Å²) in [5.41, 5.74) is 1.58. The smallest absolute Gasteiger partial charge is 0.109 e.